The predicted molar refractivity (Wildman–Crippen MR) is 86.3 cm³/mol. The number of hydrogen-bond acceptors (Lipinski definition) is 3. The van der Waals surface area contributed by atoms with Crippen LogP contribution in [-0.2, 0) is 16.8 Å². The zero-order valence-electron chi connectivity index (χ0n) is 11.2. The number of pyridine rings is 1. The highest BCUT2D eigenvalue weighted by Crippen LogP contribution is 2.37. The maximum Gasteiger partial charge on any atom is 0.324 e. The van der Waals surface area contributed by atoms with Crippen LogP contribution < -0.4 is 9.03 Å². The number of benzene rings is 1. The molecule has 1 aliphatic heterocycles. The van der Waals surface area contributed by atoms with Gasteiger partial charge in [0.1, 0.15) is 0 Å². The molecule has 0 aliphatic carbocycles. The van der Waals surface area contributed by atoms with Gasteiger partial charge in [0.25, 0.3) is 0 Å². The van der Waals surface area contributed by atoms with Crippen LogP contribution in [0.2, 0.25) is 5.02 Å². The largest absolute Gasteiger partial charge is 0.358 e. The van der Waals surface area contributed by atoms with Gasteiger partial charge in [-0.05, 0) is 17.7 Å². The van der Waals surface area contributed by atoms with E-state index in [-0.39, 0.29) is 6.54 Å². The third kappa shape index (κ3) is 1.93. The van der Waals surface area contributed by atoms with Gasteiger partial charge in [0, 0.05) is 17.8 Å². The molecular formula is C14H11ClN4O2S. The second kappa shape index (κ2) is 4.62. The molecule has 0 radical (unpaired) electrons. The Kier molecular flexibility index (Phi) is 2.82. The van der Waals surface area contributed by atoms with Gasteiger partial charge in [-0.1, -0.05) is 23.7 Å². The van der Waals surface area contributed by atoms with Crippen molar-refractivity contribution in [1.82, 2.24) is 9.97 Å². The lowest BCUT2D eigenvalue weighted by molar-refractivity contribution is 0.594. The molecule has 0 saturated carbocycles. The summed E-state index contributed by atoms with van der Waals surface area (Å²) in [5, 5.41) is 1.35. The fourth-order valence-corrected chi connectivity index (χ4v) is 4.12. The van der Waals surface area contributed by atoms with E-state index in [0.717, 1.165) is 10.9 Å². The van der Waals surface area contributed by atoms with Crippen molar-refractivity contribution in [3.8, 4) is 0 Å². The van der Waals surface area contributed by atoms with Gasteiger partial charge >= 0.3 is 10.2 Å². The summed E-state index contributed by atoms with van der Waals surface area (Å²) in [6.07, 6.45) is 4.77. The minimum absolute atomic E-state index is 0.239. The summed E-state index contributed by atoms with van der Waals surface area (Å²) in [4.78, 5) is 7.00. The van der Waals surface area contributed by atoms with E-state index in [0.29, 0.717) is 21.9 Å². The van der Waals surface area contributed by atoms with E-state index in [1.54, 1.807) is 24.5 Å². The quantitative estimate of drug-likeness (QED) is 0.718. The molecule has 3 aromatic rings. The number of hydrogen-bond donors (Lipinski definition) is 2. The van der Waals surface area contributed by atoms with Crippen molar-refractivity contribution in [2.45, 2.75) is 6.54 Å². The molecule has 1 aliphatic rings. The minimum Gasteiger partial charge on any atom is -0.358 e. The smallest absolute Gasteiger partial charge is 0.324 e. The normalized spacial score (nSPS) is 16.3. The number of H-pyrrole nitrogens is 1. The average Bonchev–Trinajstić information content (AvgIpc) is 2.89. The van der Waals surface area contributed by atoms with Crippen LogP contribution in [0.15, 0.2) is 42.9 Å². The Bertz CT molecular complexity index is 969. The van der Waals surface area contributed by atoms with Crippen LogP contribution in [0.4, 0.5) is 11.4 Å². The van der Waals surface area contributed by atoms with Crippen molar-refractivity contribution in [1.29, 1.82) is 0 Å². The van der Waals surface area contributed by atoms with Crippen LogP contribution in [0.1, 0.15) is 5.56 Å². The highest BCUT2D eigenvalue weighted by Gasteiger charge is 2.31. The van der Waals surface area contributed by atoms with Crippen LogP contribution in [0.3, 0.4) is 0 Å². The molecule has 0 atom stereocenters. The zero-order valence-corrected chi connectivity index (χ0v) is 12.8. The van der Waals surface area contributed by atoms with Gasteiger partial charge in [-0.25, -0.2) is 4.31 Å². The first kappa shape index (κ1) is 13.4. The minimum atomic E-state index is -3.69. The summed E-state index contributed by atoms with van der Waals surface area (Å²) in [6, 6.07) is 7.17. The molecule has 0 spiro atoms. The molecule has 0 amide bonds. The molecule has 4 rings (SSSR count). The molecule has 1 aromatic carbocycles. The van der Waals surface area contributed by atoms with Gasteiger partial charge in [-0.3, -0.25) is 9.71 Å². The van der Waals surface area contributed by atoms with Gasteiger partial charge in [0.2, 0.25) is 0 Å². The van der Waals surface area contributed by atoms with Crippen molar-refractivity contribution >= 4 is 44.1 Å². The number of anilines is 2. The van der Waals surface area contributed by atoms with E-state index in [9.17, 15) is 8.42 Å². The van der Waals surface area contributed by atoms with Crippen molar-refractivity contribution in [3.63, 3.8) is 0 Å². The first-order valence-electron chi connectivity index (χ1n) is 6.55. The van der Waals surface area contributed by atoms with E-state index in [4.69, 9.17) is 11.6 Å². The SMILES string of the molecule is O=S1(=O)Nc2c(ccc3c(Cl)c[nH]c23)CN1c1cccnc1. The van der Waals surface area contributed by atoms with Crippen molar-refractivity contribution in [2.24, 2.45) is 0 Å². The monoisotopic (exact) mass is 334 g/mol. The second-order valence-electron chi connectivity index (χ2n) is 4.98. The number of nitrogens with one attached hydrogen (secondary N) is 2. The number of halogens is 1. The van der Waals surface area contributed by atoms with Crippen LogP contribution in [0, 0.1) is 0 Å². The zero-order chi connectivity index (χ0) is 15.3. The van der Waals surface area contributed by atoms with Crippen LogP contribution >= 0.6 is 11.6 Å². The third-order valence-corrected chi connectivity index (χ3v) is 5.36. The maximum atomic E-state index is 12.5. The molecule has 0 fully saturated rings. The second-order valence-corrected chi connectivity index (χ2v) is 6.99. The molecule has 0 unspecified atom stereocenters. The van der Waals surface area contributed by atoms with Crippen LogP contribution in [0.25, 0.3) is 10.9 Å². The van der Waals surface area contributed by atoms with Crippen LogP contribution in [-0.4, -0.2) is 18.4 Å². The molecule has 8 heteroatoms. The predicted octanol–water partition coefficient (Wildman–Crippen LogP) is 2.89. The molecule has 3 heterocycles. The van der Waals surface area contributed by atoms with E-state index in [1.165, 1.54) is 10.5 Å². The van der Waals surface area contributed by atoms with E-state index in [1.807, 2.05) is 12.1 Å². The van der Waals surface area contributed by atoms with E-state index < -0.39 is 10.2 Å². The number of aromatic amines is 1. The highest BCUT2D eigenvalue weighted by atomic mass is 35.5. The van der Waals surface area contributed by atoms with Gasteiger partial charge in [0.05, 0.1) is 34.7 Å². The fraction of sp³-hybridized carbons (Fsp3) is 0.0714. The Labute approximate surface area is 131 Å². The number of nitrogens with zero attached hydrogens (tertiary/aromatic N) is 2. The summed E-state index contributed by atoms with van der Waals surface area (Å²) in [5.41, 5.74) is 2.62. The maximum absolute atomic E-state index is 12.5. The summed E-state index contributed by atoms with van der Waals surface area (Å²) < 4.78 is 29.0. The lowest BCUT2D eigenvalue weighted by Gasteiger charge is -2.30. The van der Waals surface area contributed by atoms with Gasteiger partial charge in [-0.15, -0.1) is 0 Å². The van der Waals surface area contributed by atoms with E-state index in [2.05, 4.69) is 14.7 Å². The number of aromatic nitrogens is 2. The Morgan fingerprint density at radius 3 is 2.91 bits per heavy atom. The Morgan fingerprint density at radius 2 is 2.14 bits per heavy atom. The Balaban J connectivity index is 1.89. The molecular weight excluding hydrogens is 324 g/mol. The third-order valence-electron chi connectivity index (χ3n) is 3.66. The number of rotatable bonds is 1. The topological polar surface area (TPSA) is 78.1 Å². The van der Waals surface area contributed by atoms with Gasteiger partial charge < -0.3 is 4.98 Å². The number of fused-ring (bicyclic) bond motifs is 3. The van der Waals surface area contributed by atoms with Crippen molar-refractivity contribution in [3.05, 3.63) is 53.4 Å². The summed E-state index contributed by atoms with van der Waals surface area (Å²) >= 11 is 6.08. The lowest BCUT2D eigenvalue weighted by atomic mass is 10.1. The van der Waals surface area contributed by atoms with Gasteiger partial charge in [-0.2, -0.15) is 8.42 Å². The Hall–Kier alpha value is -2.25. The summed E-state index contributed by atoms with van der Waals surface area (Å²) in [7, 11) is -3.69. The summed E-state index contributed by atoms with van der Waals surface area (Å²) in [6.45, 7) is 0.239. The molecule has 22 heavy (non-hydrogen) atoms. The summed E-state index contributed by atoms with van der Waals surface area (Å²) in [5.74, 6) is 0. The van der Waals surface area contributed by atoms with Crippen LogP contribution in [0.5, 0.6) is 0 Å². The first-order chi connectivity index (χ1) is 10.6. The van der Waals surface area contributed by atoms with Gasteiger partial charge in [0.15, 0.2) is 0 Å². The molecule has 6 nitrogen and oxygen atoms in total. The van der Waals surface area contributed by atoms with E-state index >= 15 is 0 Å². The molecule has 0 saturated heterocycles. The average molecular weight is 335 g/mol. The molecule has 2 aromatic heterocycles. The fourth-order valence-electron chi connectivity index (χ4n) is 2.61. The highest BCUT2D eigenvalue weighted by molar-refractivity contribution is 7.94. The Morgan fingerprint density at radius 1 is 1.27 bits per heavy atom. The lowest BCUT2D eigenvalue weighted by Crippen LogP contribution is -2.39. The molecule has 112 valence electrons. The van der Waals surface area contributed by atoms with Crippen molar-refractivity contribution < 1.29 is 8.42 Å². The first-order valence-corrected chi connectivity index (χ1v) is 8.37. The molecule has 2 N–H and O–H groups in total. The molecule has 0 bridgehead atoms. The standard InChI is InChI=1S/C14H11ClN4O2S/c15-12-7-17-14-11(12)4-3-9-8-19(10-2-1-5-16-6-10)22(20,21)18-13(9)14/h1-7,17-18H,8H2. The van der Waals surface area contributed by atoms with Crippen molar-refractivity contribution in [2.75, 3.05) is 9.03 Å².